The topological polar surface area (TPSA) is 49.4 Å². The summed E-state index contributed by atoms with van der Waals surface area (Å²) in [4.78, 5) is 24.6. The summed E-state index contributed by atoms with van der Waals surface area (Å²) in [5.74, 6) is 0.537. The number of rotatable bonds is 3. The highest BCUT2D eigenvalue weighted by Gasteiger charge is 2.34. The lowest BCUT2D eigenvalue weighted by Crippen LogP contribution is -2.37. The smallest absolute Gasteiger partial charge is 0.224 e. The van der Waals surface area contributed by atoms with Crippen molar-refractivity contribution in [2.24, 2.45) is 5.92 Å². The molecule has 0 aromatic carbocycles. The Hall–Kier alpha value is -1.06. The van der Waals surface area contributed by atoms with Gasteiger partial charge in [0.2, 0.25) is 11.8 Å². The molecule has 4 nitrogen and oxygen atoms in total. The van der Waals surface area contributed by atoms with E-state index in [1.165, 1.54) is 0 Å². The molecule has 78 valence electrons. The van der Waals surface area contributed by atoms with Crippen molar-refractivity contribution in [1.82, 2.24) is 10.2 Å². The summed E-state index contributed by atoms with van der Waals surface area (Å²) < 4.78 is 0. The van der Waals surface area contributed by atoms with Gasteiger partial charge in [-0.1, -0.05) is 0 Å². The molecule has 2 amide bonds. The predicted molar refractivity (Wildman–Crippen MR) is 51.5 cm³/mol. The maximum absolute atomic E-state index is 11.4. The van der Waals surface area contributed by atoms with Crippen molar-refractivity contribution in [2.75, 3.05) is 13.1 Å². The van der Waals surface area contributed by atoms with Gasteiger partial charge in [-0.05, 0) is 19.8 Å². The standard InChI is InChI=1S/C10H16N2O2/c1-2-12-6-8(5-9(12)13)11-10(14)7-3-4-7/h7-8H,2-6H2,1H3,(H,11,14). The van der Waals surface area contributed by atoms with Crippen LogP contribution in [0.3, 0.4) is 0 Å². The van der Waals surface area contributed by atoms with Crippen LogP contribution in [0.2, 0.25) is 0 Å². The third-order valence-corrected chi connectivity index (χ3v) is 2.89. The van der Waals surface area contributed by atoms with Crippen molar-refractivity contribution >= 4 is 11.8 Å². The van der Waals surface area contributed by atoms with Gasteiger partial charge in [0.15, 0.2) is 0 Å². The summed E-state index contributed by atoms with van der Waals surface area (Å²) in [6, 6.07) is 0.0514. The van der Waals surface area contributed by atoms with Gasteiger partial charge in [0.25, 0.3) is 0 Å². The number of amides is 2. The monoisotopic (exact) mass is 196 g/mol. The van der Waals surface area contributed by atoms with Gasteiger partial charge in [0.1, 0.15) is 0 Å². The summed E-state index contributed by atoms with van der Waals surface area (Å²) in [5, 5.41) is 2.93. The average Bonchev–Trinajstić information content (AvgIpc) is 2.92. The van der Waals surface area contributed by atoms with Crippen molar-refractivity contribution in [3.05, 3.63) is 0 Å². The van der Waals surface area contributed by atoms with Crippen LogP contribution in [0.5, 0.6) is 0 Å². The molecule has 0 radical (unpaired) electrons. The molecule has 0 aromatic heterocycles. The Balaban J connectivity index is 1.82. The van der Waals surface area contributed by atoms with Crippen LogP contribution < -0.4 is 5.32 Å². The Labute approximate surface area is 83.6 Å². The largest absolute Gasteiger partial charge is 0.351 e. The first-order chi connectivity index (χ1) is 6.70. The van der Waals surface area contributed by atoms with E-state index in [0.717, 1.165) is 19.4 Å². The minimum atomic E-state index is 0.0514. The number of carbonyl (C=O) groups is 2. The molecule has 1 aliphatic heterocycles. The van der Waals surface area contributed by atoms with Crippen LogP contribution in [0.15, 0.2) is 0 Å². The molecule has 1 unspecified atom stereocenters. The molecular formula is C10H16N2O2. The number of likely N-dealkylation sites (N-methyl/N-ethyl adjacent to an activating group) is 1. The summed E-state index contributed by atoms with van der Waals surface area (Å²) in [6.45, 7) is 3.39. The fraction of sp³-hybridized carbons (Fsp3) is 0.800. The number of nitrogens with zero attached hydrogens (tertiary/aromatic N) is 1. The van der Waals surface area contributed by atoms with E-state index in [0.29, 0.717) is 13.0 Å². The molecule has 0 aromatic rings. The molecule has 0 bridgehead atoms. The Kier molecular flexibility index (Phi) is 2.44. The van der Waals surface area contributed by atoms with Crippen molar-refractivity contribution < 1.29 is 9.59 Å². The Morgan fingerprint density at radius 3 is 2.79 bits per heavy atom. The highest BCUT2D eigenvalue weighted by Crippen LogP contribution is 2.29. The Morgan fingerprint density at radius 1 is 1.57 bits per heavy atom. The second kappa shape index (κ2) is 3.59. The number of hydrogen-bond donors (Lipinski definition) is 1. The van der Waals surface area contributed by atoms with Gasteiger partial charge < -0.3 is 10.2 Å². The van der Waals surface area contributed by atoms with E-state index >= 15 is 0 Å². The van der Waals surface area contributed by atoms with E-state index < -0.39 is 0 Å². The number of carbonyl (C=O) groups excluding carboxylic acids is 2. The molecule has 1 saturated carbocycles. The zero-order chi connectivity index (χ0) is 10.1. The van der Waals surface area contributed by atoms with Crippen LogP contribution in [-0.4, -0.2) is 35.8 Å². The zero-order valence-electron chi connectivity index (χ0n) is 8.45. The second-order valence-corrected chi connectivity index (χ2v) is 4.12. The van der Waals surface area contributed by atoms with Crippen molar-refractivity contribution in [3.8, 4) is 0 Å². The van der Waals surface area contributed by atoms with Crippen molar-refractivity contribution in [1.29, 1.82) is 0 Å². The van der Waals surface area contributed by atoms with Gasteiger partial charge in [0.05, 0.1) is 6.04 Å². The molecule has 1 aliphatic carbocycles. The maximum Gasteiger partial charge on any atom is 0.224 e. The number of likely N-dealkylation sites (tertiary alicyclic amines) is 1. The molecule has 2 fully saturated rings. The Bertz CT molecular complexity index is 261. The molecule has 2 aliphatic rings. The summed E-state index contributed by atoms with van der Waals surface area (Å²) in [6.07, 6.45) is 2.51. The molecule has 2 rings (SSSR count). The first-order valence-corrected chi connectivity index (χ1v) is 5.29. The van der Waals surface area contributed by atoms with E-state index in [9.17, 15) is 9.59 Å². The molecule has 14 heavy (non-hydrogen) atoms. The van der Waals surface area contributed by atoms with Gasteiger partial charge in [-0.2, -0.15) is 0 Å². The SMILES string of the molecule is CCN1CC(NC(=O)C2CC2)CC1=O. The number of hydrogen-bond acceptors (Lipinski definition) is 2. The van der Waals surface area contributed by atoms with Crippen LogP contribution in [0.1, 0.15) is 26.2 Å². The van der Waals surface area contributed by atoms with Crippen molar-refractivity contribution in [3.63, 3.8) is 0 Å². The molecular weight excluding hydrogens is 180 g/mol. The van der Waals surface area contributed by atoms with E-state index in [2.05, 4.69) is 5.32 Å². The van der Waals surface area contributed by atoms with Crippen LogP contribution in [0.25, 0.3) is 0 Å². The van der Waals surface area contributed by atoms with E-state index in [1.54, 1.807) is 4.90 Å². The first kappa shape index (κ1) is 9.49. The fourth-order valence-electron chi connectivity index (χ4n) is 1.84. The summed E-state index contributed by atoms with van der Waals surface area (Å²) >= 11 is 0. The lowest BCUT2D eigenvalue weighted by molar-refractivity contribution is -0.127. The highest BCUT2D eigenvalue weighted by atomic mass is 16.2. The second-order valence-electron chi connectivity index (χ2n) is 4.12. The van der Waals surface area contributed by atoms with Crippen LogP contribution in [0, 0.1) is 5.92 Å². The van der Waals surface area contributed by atoms with E-state index in [4.69, 9.17) is 0 Å². The highest BCUT2D eigenvalue weighted by molar-refractivity contribution is 5.84. The average molecular weight is 196 g/mol. The maximum atomic E-state index is 11.4. The third-order valence-electron chi connectivity index (χ3n) is 2.89. The van der Waals surface area contributed by atoms with Crippen LogP contribution in [-0.2, 0) is 9.59 Å². The summed E-state index contributed by atoms with van der Waals surface area (Å²) in [5.41, 5.74) is 0. The van der Waals surface area contributed by atoms with Crippen LogP contribution in [0.4, 0.5) is 0 Å². The van der Waals surface area contributed by atoms with Gasteiger partial charge in [-0.25, -0.2) is 0 Å². The van der Waals surface area contributed by atoms with Gasteiger partial charge in [0, 0.05) is 25.4 Å². The molecule has 0 spiro atoms. The first-order valence-electron chi connectivity index (χ1n) is 5.29. The molecule has 4 heteroatoms. The lowest BCUT2D eigenvalue weighted by Gasteiger charge is -2.14. The minimum absolute atomic E-state index is 0.0514. The van der Waals surface area contributed by atoms with E-state index in [-0.39, 0.29) is 23.8 Å². The quantitative estimate of drug-likeness (QED) is 0.697. The predicted octanol–water partition coefficient (Wildman–Crippen LogP) is 0.133. The lowest BCUT2D eigenvalue weighted by atomic mass is 10.2. The minimum Gasteiger partial charge on any atom is -0.351 e. The number of nitrogens with one attached hydrogen (secondary N) is 1. The molecule has 1 N–H and O–H groups in total. The third kappa shape index (κ3) is 1.89. The molecule has 1 saturated heterocycles. The molecule has 1 heterocycles. The van der Waals surface area contributed by atoms with Gasteiger partial charge in [-0.15, -0.1) is 0 Å². The van der Waals surface area contributed by atoms with E-state index in [1.807, 2.05) is 6.92 Å². The zero-order valence-corrected chi connectivity index (χ0v) is 8.45. The van der Waals surface area contributed by atoms with Gasteiger partial charge >= 0.3 is 0 Å². The summed E-state index contributed by atoms with van der Waals surface area (Å²) in [7, 11) is 0. The van der Waals surface area contributed by atoms with Gasteiger partial charge in [-0.3, -0.25) is 9.59 Å². The molecule has 1 atom stereocenters. The normalized spacial score (nSPS) is 26.8. The van der Waals surface area contributed by atoms with Crippen molar-refractivity contribution in [2.45, 2.75) is 32.2 Å². The van der Waals surface area contributed by atoms with Crippen LogP contribution >= 0.6 is 0 Å². The fourth-order valence-corrected chi connectivity index (χ4v) is 1.84. The Morgan fingerprint density at radius 2 is 2.29 bits per heavy atom.